The molecule has 0 unspecified atom stereocenters. The topological polar surface area (TPSA) is 54.5 Å². The average molecular weight is 456 g/mol. The summed E-state index contributed by atoms with van der Waals surface area (Å²) in [6.07, 6.45) is 9.52. The summed E-state index contributed by atoms with van der Waals surface area (Å²) in [4.78, 5) is 20.2. The number of likely N-dealkylation sites (tertiary alicyclic amines) is 1. The second-order valence-electron chi connectivity index (χ2n) is 9.60. The van der Waals surface area contributed by atoms with Crippen LogP contribution >= 0.6 is 0 Å². The van der Waals surface area contributed by atoms with Gasteiger partial charge in [-0.15, -0.1) is 0 Å². The minimum atomic E-state index is -0.110. The first-order valence-electron chi connectivity index (χ1n) is 12.5. The molecule has 2 aliphatic rings. The molecular weight excluding hydrogens is 422 g/mol. The van der Waals surface area contributed by atoms with E-state index in [2.05, 4.69) is 45.5 Å². The van der Waals surface area contributed by atoms with Crippen LogP contribution in [0.4, 0.5) is 0 Å². The molecular formula is C29H33N3O2. The van der Waals surface area contributed by atoms with Crippen LogP contribution in [0.2, 0.25) is 0 Å². The molecule has 5 rings (SSSR count). The summed E-state index contributed by atoms with van der Waals surface area (Å²) in [6.45, 7) is 2.39. The number of aromatic nitrogens is 1. The third kappa shape index (κ3) is 5.15. The van der Waals surface area contributed by atoms with Gasteiger partial charge in [-0.25, -0.2) is 4.98 Å². The number of para-hydroxylation sites is 1. The third-order valence-electron chi connectivity index (χ3n) is 7.38. The fraction of sp³-hybridized carbons (Fsp3) is 0.379. The molecule has 5 heteroatoms. The highest BCUT2D eigenvalue weighted by molar-refractivity contribution is 5.96. The Hall–Kier alpha value is -3.18. The van der Waals surface area contributed by atoms with Crippen LogP contribution in [0.3, 0.4) is 0 Å². The lowest BCUT2D eigenvalue weighted by atomic mass is 9.74. The Morgan fingerprint density at radius 1 is 0.941 bits per heavy atom. The number of ether oxygens (including phenoxy) is 1. The number of rotatable bonds is 7. The van der Waals surface area contributed by atoms with Crippen molar-refractivity contribution < 1.29 is 9.53 Å². The van der Waals surface area contributed by atoms with Crippen LogP contribution in [-0.4, -0.2) is 40.5 Å². The van der Waals surface area contributed by atoms with Crippen LogP contribution < -0.4 is 10.1 Å². The van der Waals surface area contributed by atoms with E-state index in [1.165, 1.54) is 31.5 Å². The van der Waals surface area contributed by atoms with Crippen molar-refractivity contribution >= 4 is 5.91 Å². The van der Waals surface area contributed by atoms with Crippen LogP contribution in [0.5, 0.6) is 11.6 Å². The maximum absolute atomic E-state index is 13.2. The predicted molar refractivity (Wildman–Crippen MR) is 134 cm³/mol. The van der Waals surface area contributed by atoms with Crippen molar-refractivity contribution in [3.05, 3.63) is 90.1 Å². The molecule has 0 spiro atoms. The lowest BCUT2D eigenvalue weighted by Crippen LogP contribution is -2.54. The largest absolute Gasteiger partial charge is 0.438 e. The number of benzene rings is 2. The third-order valence-corrected chi connectivity index (χ3v) is 7.38. The zero-order chi connectivity index (χ0) is 23.2. The molecule has 1 saturated carbocycles. The Kier molecular flexibility index (Phi) is 6.91. The smallest absolute Gasteiger partial charge is 0.257 e. The van der Waals surface area contributed by atoms with Gasteiger partial charge in [-0.2, -0.15) is 0 Å². The number of nitrogens with one attached hydrogen (secondary N) is 1. The van der Waals surface area contributed by atoms with Gasteiger partial charge in [0.2, 0.25) is 5.88 Å². The maximum atomic E-state index is 13.2. The van der Waals surface area contributed by atoms with Crippen LogP contribution in [-0.2, 0) is 6.42 Å². The van der Waals surface area contributed by atoms with Crippen LogP contribution in [0.15, 0.2) is 79.0 Å². The minimum Gasteiger partial charge on any atom is -0.438 e. The molecule has 2 fully saturated rings. The number of pyridine rings is 1. The molecule has 34 heavy (non-hydrogen) atoms. The fourth-order valence-corrected chi connectivity index (χ4v) is 5.58. The zero-order valence-corrected chi connectivity index (χ0v) is 19.7. The van der Waals surface area contributed by atoms with Crippen LogP contribution in [0, 0.1) is 0 Å². The molecule has 0 bridgehead atoms. The summed E-state index contributed by atoms with van der Waals surface area (Å²) >= 11 is 0. The highest BCUT2D eigenvalue weighted by Crippen LogP contribution is 2.39. The second-order valence-corrected chi connectivity index (χ2v) is 9.60. The van der Waals surface area contributed by atoms with E-state index in [0.29, 0.717) is 17.2 Å². The Labute approximate surface area is 202 Å². The van der Waals surface area contributed by atoms with Gasteiger partial charge in [0, 0.05) is 17.8 Å². The van der Waals surface area contributed by atoms with Crippen LogP contribution in [0.25, 0.3) is 0 Å². The molecule has 1 aromatic heterocycles. The number of amides is 1. The van der Waals surface area contributed by atoms with E-state index in [1.807, 2.05) is 30.3 Å². The van der Waals surface area contributed by atoms with E-state index in [1.54, 1.807) is 18.3 Å². The number of hydrogen-bond acceptors (Lipinski definition) is 4. The zero-order valence-electron chi connectivity index (χ0n) is 19.7. The standard InChI is InChI=1S/C29H33N3O2/c33-27(26-14-9-19-30-28(26)34-25-12-5-2-6-13-25)31-24-15-17-29(18-16-24,32-20-7-8-21-32)22-23-10-3-1-4-11-23/h1-6,9-14,19,24H,7-8,15-18,20-22H2,(H,31,33). The summed E-state index contributed by atoms with van der Waals surface area (Å²) in [5.74, 6) is 0.905. The number of carbonyl (C=O) groups is 1. The molecule has 5 nitrogen and oxygen atoms in total. The number of carbonyl (C=O) groups excluding carboxylic acids is 1. The van der Waals surface area contributed by atoms with Gasteiger partial charge in [-0.1, -0.05) is 48.5 Å². The van der Waals surface area contributed by atoms with E-state index < -0.39 is 0 Å². The van der Waals surface area contributed by atoms with E-state index in [4.69, 9.17) is 4.74 Å². The number of nitrogens with zero attached hydrogens (tertiary/aromatic N) is 2. The summed E-state index contributed by atoms with van der Waals surface area (Å²) in [5, 5.41) is 3.28. The normalized spacial score (nSPS) is 22.9. The first-order valence-corrected chi connectivity index (χ1v) is 12.5. The first kappa shape index (κ1) is 22.6. The number of hydrogen-bond donors (Lipinski definition) is 1. The van der Waals surface area contributed by atoms with Gasteiger partial charge in [0.25, 0.3) is 5.91 Å². The minimum absolute atomic E-state index is 0.110. The van der Waals surface area contributed by atoms with Crippen molar-refractivity contribution in [2.24, 2.45) is 0 Å². The molecule has 2 heterocycles. The SMILES string of the molecule is O=C(NC1CCC(Cc2ccccc2)(N2CCCC2)CC1)c1cccnc1Oc1ccccc1. The van der Waals surface area contributed by atoms with Crippen molar-refractivity contribution in [2.75, 3.05) is 13.1 Å². The Balaban J connectivity index is 1.25. The predicted octanol–water partition coefficient (Wildman–Crippen LogP) is 5.62. The highest BCUT2D eigenvalue weighted by atomic mass is 16.5. The summed E-state index contributed by atoms with van der Waals surface area (Å²) in [6, 6.07) is 24.1. The van der Waals surface area contributed by atoms with Crippen molar-refractivity contribution in [2.45, 2.75) is 56.5 Å². The van der Waals surface area contributed by atoms with Gasteiger partial charge in [0.05, 0.1) is 0 Å². The Bertz CT molecular complexity index is 1070. The highest BCUT2D eigenvalue weighted by Gasteiger charge is 2.41. The molecule has 1 N–H and O–H groups in total. The first-order chi connectivity index (χ1) is 16.7. The van der Waals surface area contributed by atoms with E-state index in [-0.39, 0.29) is 17.5 Å². The molecule has 1 saturated heterocycles. The van der Waals surface area contributed by atoms with Crippen molar-refractivity contribution in [3.63, 3.8) is 0 Å². The summed E-state index contributed by atoms with van der Waals surface area (Å²) in [7, 11) is 0. The fourth-order valence-electron chi connectivity index (χ4n) is 5.58. The molecule has 2 aromatic carbocycles. The summed E-state index contributed by atoms with van der Waals surface area (Å²) < 4.78 is 5.91. The quantitative estimate of drug-likeness (QED) is 0.502. The molecule has 176 valence electrons. The molecule has 1 amide bonds. The molecule has 3 aromatic rings. The molecule has 1 aliphatic carbocycles. The monoisotopic (exact) mass is 455 g/mol. The second kappa shape index (κ2) is 10.4. The van der Waals surface area contributed by atoms with Gasteiger partial charge in [-0.3, -0.25) is 9.69 Å². The lowest BCUT2D eigenvalue weighted by Gasteiger charge is -2.47. The van der Waals surface area contributed by atoms with Crippen molar-refractivity contribution in [3.8, 4) is 11.6 Å². The summed E-state index contributed by atoms with van der Waals surface area (Å²) in [5.41, 5.74) is 2.09. The van der Waals surface area contributed by atoms with E-state index >= 15 is 0 Å². The maximum Gasteiger partial charge on any atom is 0.257 e. The van der Waals surface area contributed by atoms with E-state index in [9.17, 15) is 4.79 Å². The van der Waals surface area contributed by atoms with Gasteiger partial charge < -0.3 is 10.1 Å². The Morgan fingerprint density at radius 2 is 1.62 bits per heavy atom. The molecule has 0 radical (unpaired) electrons. The molecule has 1 aliphatic heterocycles. The average Bonchev–Trinajstić information content (AvgIpc) is 3.43. The van der Waals surface area contributed by atoms with Gasteiger partial charge in [0.1, 0.15) is 11.3 Å². The molecule has 0 atom stereocenters. The van der Waals surface area contributed by atoms with Crippen LogP contribution in [0.1, 0.15) is 54.4 Å². The Morgan fingerprint density at radius 3 is 2.32 bits per heavy atom. The van der Waals surface area contributed by atoms with Crippen molar-refractivity contribution in [1.29, 1.82) is 0 Å². The van der Waals surface area contributed by atoms with Gasteiger partial charge in [-0.05, 0) is 87.9 Å². The van der Waals surface area contributed by atoms with Gasteiger partial charge >= 0.3 is 0 Å². The lowest BCUT2D eigenvalue weighted by molar-refractivity contribution is 0.0593. The van der Waals surface area contributed by atoms with Gasteiger partial charge in [0.15, 0.2) is 0 Å². The van der Waals surface area contributed by atoms with E-state index in [0.717, 1.165) is 32.1 Å². The van der Waals surface area contributed by atoms with Crippen molar-refractivity contribution in [1.82, 2.24) is 15.2 Å².